The van der Waals surface area contributed by atoms with E-state index in [1.165, 1.54) is 12.1 Å². The molecule has 0 fully saturated rings. The van der Waals surface area contributed by atoms with E-state index in [-0.39, 0.29) is 17.7 Å². The summed E-state index contributed by atoms with van der Waals surface area (Å²) in [7, 11) is 0. The SMILES string of the molecule is CCC(CCc1ccccc1OC(F)(F)F)Nc1nc(C)nc(N)n1. The minimum Gasteiger partial charge on any atom is -0.406 e. The number of benzene rings is 1. The van der Waals surface area contributed by atoms with Gasteiger partial charge < -0.3 is 15.8 Å². The molecule has 1 heterocycles. The van der Waals surface area contributed by atoms with Crippen LogP contribution < -0.4 is 15.8 Å². The Kier molecular flexibility index (Phi) is 6.00. The normalized spacial score (nSPS) is 12.7. The van der Waals surface area contributed by atoms with Gasteiger partial charge in [-0.05, 0) is 37.8 Å². The van der Waals surface area contributed by atoms with Gasteiger partial charge in [-0.2, -0.15) is 15.0 Å². The molecule has 0 aliphatic carbocycles. The van der Waals surface area contributed by atoms with Gasteiger partial charge in [-0.3, -0.25) is 0 Å². The van der Waals surface area contributed by atoms with E-state index in [4.69, 9.17) is 5.73 Å². The number of anilines is 2. The number of aryl methyl sites for hydroxylation is 2. The zero-order chi connectivity index (χ0) is 18.4. The predicted molar refractivity (Wildman–Crippen MR) is 88.1 cm³/mol. The van der Waals surface area contributed by atoms with Crippen molar-refractivity contribution in [1.82, 2.24) is 15.0 Å². The third-order valence-corrected chi connectivity index (χ3v) is 3.55. The molecule has 2 rings (SSSR count). The monoisotopic (exact) mass is 355 g/mol. The molecule has 1 aromatic carbocycles. The molecule has 0 aliphatic heterocycles. The molecule has 0 bridgehead atoms. The van der Waals surface area contributed by atoms with Crippen molar-refractivity contribution in [1.29, 1.82) is 0 Å². The van der Waals surface area contributed by atoms with E-state index >= 15 is 0 Å². The van der Waals surface area contributed by atoms with Gasteiger partial charge in [0, 0.05) is 6.04 Å². The second kappa shape index (κ2) is 8.00. The van der Waals surface area contributed by atoms with Gasteiger partial charge in [-0.1, -0.05) is 25.1 Å². The van der Waals surface area contributed by atoms with Crippen LogP contribution in [0.15, 0.2) is 24.3 Å². The number of rotatable bonds is 7. The summed E-state index contributed by atoms with van der Waals surface area (Å²) in [5, 5.41) is 3.14. The maximum Gasteiger partial charge on any atom is 0.573 e. The highest BCUT2D eigenvalue weighted by Crippen LogP contribution is 2.27. The molecule has 0 saturated heterocycles. The molecule has 1 unspecified atom stereocenters. The lowest BCUT2D eigenvalue weighted by Crippen LogP contribution is -2.22. The number of ether oxygens (including phenoxy) is 1. The zero-order valence-corrected chi connectivity index (χ0v) is 14.0. The number of hydrogen-bond acceptors (Lipinski definition) is 6. The highest BCUT2D eigenvalue weighted by molar-refractivity contribution is 5.35. The predicted octanol–water partition coefficient (Wildman–Crippen LogP) is 3.48. The molecule has 136 valence electrons. The van der Waals surface area contributed by atoms with E-state index in [9.17, 15) is 13.2 Å². The molecular formula is C16H20F3N5O. The fourth-order valence-corrected chi connectivity index (χ4v) is 2.39. The number of nitrogens with two attached hydrogens (primary N) is 1. The molecule has 0 spiro atoms. The Morgan fingerprint density at radius 2 is 1.92 bits per heavy atom. The fraction of sp³-hybridized carbons (Fsp3) is 0.438. The molecule has 0 saturated carbocycles. The van der Waals surface area contributed by atoms with E-state index in [1.807, 2.05) is 6.92 Å². The maximum atomic E-state index is 12.5. The van der Waals surface area contributed by atoms with Gasteiger partial charge >= 0.3 is 6.36 Å². The summed E-state index contributed by atoms with van der Waals surface area (Å²) in [6, 6.07) is 6.10. The van der Waals surface area contributed by atoms with E-state index < -0.39 is 6.36 Å². The Bertz CT molecular complexity index is 688. The lowest BCUT2D eigenvalue weighted by atomic mass is 10.0. The van der Waals surface area contributed by atoms with Crippen molar-refractivity contribution in [3.63, 3.8) is 0 Å². The van der Waals surface area contributed by atoms with Crippen LogP contribution in [0.4, 0.5) is 25.1 Å². The largest absolute Gasteiger partial charge is 0.573 e. The summed E-state index contributed by atoms with van der Waals surface area (Å²) >= 11 is 0. The molecule has 3 N–H and O–H groups in total. The summed E-state index contributed by atoms with van der Waals surface area (Å²) in [5.41, 5.74) is 6.09. The molecule has 0 amide bonds. The van der Waals surface area contributed by atoms with Crippen LogP contribution in [-0.2, 0) is 6.42 Å². The number of alkyl halides is 3. The van der Waals surface area contributed by atoms with Crippen molar-refractivity contribution >= 4 is 11.9 Å². The lowest BCUT2D eigenvalue weighted by Gasteiger charge is -2.18. The Hall–Kier alpha value is -2.58. The minimum absolute atomic E-state index is 0.0276. The lowest BCUT2D eigenvalue weighted by molar-refractivity contribution is -0.274. The average Bonchev–Trinajstić information content (AvgIpc) is 2.50. The van der Waals surface area contributed by atoms with Gasteiger partial charge in [0.25, 0.3) is 0 Å². The third-order valence-electron chi connectivity index (χ3n) is 3.55. The second-order valence-corrected chi connectivity index (χ2v) is 5.51. The maximum absolute atomic E-state index is 12.5. The number of aromatic nitrogens is 3. The quantitative estimate of drug-likeness (QED) is 0.791. The van der Waals surface area contributed by atoms with Crippen LogP contribution in [0.2, 0.25) is 0 Å². The number of hydrogen-bond donors (Lipinski definition) is 2. The summed E-state index contributed by atoms with van der Waals surface area (Å²) in [4.78, 5) is 12.1. The Labute approximate surface area is 143 Å². The van der Waals surface area contributed by atoms with Crippen LogP contribution in [0.5, 0.6) is 5.75 Å². The van der Waals surface area contributed by atoms with Gasteiger partial charge in [-0.15, -0.1) is 13.2 Å². The number of nitrogens with zero attached hydrogens (tertiary/aromatic N) is 3. The first-order valence-corrected chi connectivity index (χ1v) is 7.85. The highest BCUT2D eigenvalue weighted by Gasteiger charge is 2.31. The van der Waals surface area contributed by atoms with Crippen molar-refractivity contribution in [3.05, 3.63) is 35.7 Å². The fourth-order valence-electron chi connectivity index (χ4n) is 2.39. The van der Waals surface area contributed by atoms with Crippen LogP contribution in [0, 0.1) is 6.92 Å². The van der Waals surface area contributed by atoms with Crippen LogP contribution in [0.3, 0.4) is 0 Å². The summed E-state index contributed by atoms with van der Waals surface area (Å²) in [6.45, 7) is 3.67. The minimum atomic E-state index is -4.71. The Morgan fingerprint density at radius 1 is 1.20 bits per heavy atom. The van der Waals surface area contributed by atoms with Crippen molar-refractivity contribution < 1.29 is 17.9 Å². The average molecular weight is 355 g/mol. The number of halogens is 3. The molecule has 6 nitrogen and oxygen atoms in total. The van der Waals surface area contributed by atoms with Gasteiger partial charge in [0.15, 0.2) is 0 Å². The molecule has 25 heavy (non-hydrogen) atoms. The van der Waals surface area contributed by atoms with Gasteiger partial charge in [-0.25, -0.2) is 0 Å². The molecule has 9 heteroatoms. The zero-order valence-electron chi connectivity index (χ0n) is 14.0. The first kappa shape index (κ1) is 18.8. The molecule has 1 aromatic heterocycles. The van der Waals surface area contributed by atoms with Crippen molar-refractivity contribution in [2.45, 2.75) is 45.5 Å². The Morgan fingerprint density at radius 3 is 2.56 bits per heavy atom. The molecular weight excluding hydrogens is 335 g/mol. The molecule has 1 atom stereocenters. The van der Waals surface area contributed by atoms with E-state index in [2.05, 4.69) is 25.0 Å². The van der Waals surface area contributed by atoms with Gasteiger partial charge in [0.1, 0.15) is 11.6 Å². The van der Waals surface area contributed by atoms with Crippen LogP contribution in [0.1, 0.15) is 31.2 Å². The van der Waals surface area contributed by atoms with E-state index in [0.717, 1.165) is 6.42 Å². The summed E-state index contributed by atoms with van der Waals surface area (Å²) < 4.78 is 41.5. The molecule has 0 aliphatic rings. The Balaban J connectivity index is 2.03. The number of nitrogens with one attached hydrogen (secondary N) is 1. The summed E-state index contributed by atoms with van der Waals surface area (Å²) in [5.74, 6) is 0.796. The van der Waals surface area contributed by atoms with Gasteiger partial charge in [0.05, 0.1) is 0 Å². The van der Waals surface area contributed by atoms with Crippen molar-refractivity contribution in [2.75, 3.05) is 11.1 Å². The van der Waals surface area contributed by atoms with Crippen molar-refractivity contribution in [3.8, 4) is 5.75 Å². The van der Waals surface area contributed by atoms with E-state index in [0.29, 0.717) is 30.2 Å². The number of nitrogen functional groups attached to an aromatic ring is 1. The third kappa shape index (κ3) is 6.09. The smallest absolute Gasteiger partial charge is 0.406 e. The first-order chi connectivity index (χ1) is 11.8. The van der Waals surface area contributed by atoms with E-state index in [1.54, 1.807) is 19.1 Å². The van der Waals surface area contributed by atoms with Crippen molar-refractivity contribution in [2.24, 2.45) is 0 Å². The van der Waals surface area contributed by atoms with Crippen LogP contribution >= 0.6 is 0 Å². The first-order valence-electron chi connectivity index (χ1n) is 7.85. The molecule has 0 radical (unpaired) electrons. The number of para-hydroxylation sites is 1. The topological polar surface area (TPSA) is 86.0 Å². The van der Waals surface area contributed by atoms with Crippen LogP contribution in [0.25, 0.3) is 0 Å². The second-order valence-electron chi connectivity index (χ2n) is 5.51. The standard InChI is InChI=1S/C16H20F3N5O/c1-3-12(23-15-22-10(2)21-14(20)24-15)9-8-11-6-4-5-7-13(11)25-16(17,18)19/h4-7,12H,3,8-9H2,1-2H3,(H3,20,21,22,23,24). The molecule has 2 aromatic rings. The van der Waals surface area contributed by atoms with Crippen LogP contribution in [-0.4, -0.2) is 27.4 Å². The van der Waals surface area contributed by atoms with Gasteiger partial charge in [0.2, 0.25) is 11.9 Å². The summed E-state index contributed by atoms with van der Waals surface area (Å²) in [6.07, 6.45) is -2.97. The highest BCUT2D eigenvalue weighted by atomic mass is 19.4.